The van der Waals surface area contributed by atoms with Gasteiger partial charge in [-0.15, -0.1) is 12.4 Å². The van der Waals surface area contributed by atoms with Crippen LogP contribution < -0.4 is 15.6 Å². The molecule has 0 amide bonds. The van der Waals surface area contributed by atoms with E-state index in [9.17, 15) is 14.5 Å². The third-order valence-corrected chi connectivity index (χ3v) is 4.86. The molecule has 0 atom stereocenters. The number of halogens is 3. The van der Waals surface area contributed by atoms with Gasteiger partial charge in [0, 0.05) is 37.5 Å². The molecule has 0 radical (unpaired) electrons. The smallest absolute Gasteiger partial charge is 0.270 e. The first-order valence-electron chi connectivity index (χ1n) is 10.1. The fraction of sp³-hybridized carbons (Fsp3) is 0.0909. The van der Waals surface area contributed by atoms with Gasteiger partial charge in [0.05, 0.1) is 16.2 Å². The topological polar surface area (TPSA) is 135 Å². The lowest BCUT2D eigenvalue weighted by Crippen LogP contribution is -2.15. The van der Waals surface area contributed by atoms with E-state index in [0.717, 1.165) is 0 Å². The predicted octanol–water partition coefficient (Wildman–Crippen LogP) is 5.51. The summed E-state index contributed by atoms with van der Waals surface area (Å²) in [6, 6.07) is 13.1. The average Bonchev–Trinajstić information content (AvgIpc) is 3.29. The van der Waals surface area contributed by atoms with Crippen molar-refractivity contribution in [1.82, 2.24) is 15.0 Å². The molecule has 2 heterocycles. The maximum atomic E-state index is 13.2. The minimum Gasteiger partial charge on any atom is -0.455 e. The Morgan fingerprint density at radius 2 is 1.81 bits per heavy atom. The Labute approximate surface area is 215 Å². The van der Waals surface area contributed by atoms with E-state index in [1.807, 2.05) is 0 Å². The molecule has 36 heavy (non-hydrogen) atoms. The van der Waals surface area contributed by atoms with E-state index in [1.54, 1.807) is 43.3 Å². The van der Waals surface area contributed by atoms with Crippen LogP contribution in [0.2, 0.25) is 5.02 Å². The van der Waals surface area contributed by atoms with Gasteiger partial charge in [-0.1, -0.05) is 11.6 Å². The van der Waals surface area contributed by atoms with Gasteiger partial charge >= 0.3 is 0 Å². The lowest BCUT2D eigenvalue weighted by Gasteiger charge is -2.13. The Hall–Kier alpha value is -4.29. The van der Waals surface area contributed by atoms with Crippen LogP contribution in [0.5, 0.6) is 0 Å². The summed E-state index contributed by atoms with van der Waals surface area (Å²) in [6.07, 6.45) is 1.39. The molecule has 0 saturated heterocycles. The van der Waals surface area contributed by atoms with Crippen LogP contribution >= 0.6 is 24.0 Å². The van der Waals surface area contributed by atoms with Crippen molar-refractivity contribution in [3.63, 3.8) is 0 Å². The molecule has 0 unspecified atom stereocenters. The summed E-state index contributed by atoms with van der Waals surface area (Å²) in [7, 11) is 3.54. The van der Waals surface area contributed by atoms with Gasteiger partial charge in [-0.25, -0.2) is 9.82 Å². The lowest BCUT2D eigenvalue weighted by atomic mass is 10.1. The Bertz CT molecular complexity index is 1400. The molecule has 2 aromatic heterocycles. The molecular formula is C22H19Cl2FN8O3. The highest BCUT2D eigenvalue weighted by molar-refractivity contribution is 6.33. The molecule has 0 aliphatic heterocycles. The van der Waals surface area contributed by atoms with Gasteiger partial charge in [0.25, 0.3) is 5.69 Å². The molecule has 0 spiro atoms. The first-order chi connectivity index (χ1) is 16.8. The van der Waals surface area contributed by atoms with Crippen LogP contribution in [-0.2, 0) is 0 Å². The van der Waals surface area contributed by atoms with E-state index in [2.05, 4.69) is 30.8 Å². The fourth-order valence-corrected chi connectivity index (χ4v) is 3.08. The van der Waals surface area contributed by atoms with E-state index in [-0.39, 0.29) is 35.8 Å². The number of non-ortho nitro benzene ring substituents is 1. The predicted molar refractivity (Wildman–Crippen MR) is 138 cm³/mol. The molecular weight excluding hydrogens is 514 g/mol. The molecule has 0 aliphatic carbocycles. The van der Waals surface area contributed by atoms with Gasteiger partial charge < -0.3 is 14.6 Å². The second-order valence-electron chi connectivity index (χ2n) is 7.30. The number of hydrazone groups is 1. The second-order valence-corrected chi connectivity index (χ2v) is 7.71. The molecule has 186 valence electrons. The molecule has 14 heteroatoms. The Balaban J connectivity index is 0.00000361. The molecule has 0 aliphatic rings. The van der Waals surface area contributed by atoms with E-state index in [4.69, 9.17) is 16.0 Å². The number of rotatable bonds is 8. The minimum atomic E-state index is -0.509. The van der Waals surface area contributed by atoms with Crippen molar-refractivity contribution in [1.29, 1.82) is 0 Å². The van der Waals surface area contributed by atoms with Crippen molar-refractivity contribution in [2.45, 2.75) is 0 Å². The highest BCUT2D eigenvalue weighted by Gasteiger charge is 2.14. The van der Waals surface area contributed by atoms with Crippen molar-refractivity contribution >= 4 is 59.4 Å². The summed E-state index contributed by atoms with van der Waals surface area (Å²) >= 11 is 6.17. The van der Waals surface area contributed by atoms with Gasteiger partial charge in [-0.05, 0) is 42.5 Å². The number of nitrogens with zero attached hydrogens (tertiary/aromatic N) is 6. The van der Waals surface area contributed by atoms with Crippen LogP contribution in [0.25, 0.3) is 11.3 Å². The number of hydrogen-bond donors (Lipinski definition) is 2. The number of nitro benzene ring substituents is 1. The highest BCUT2D eigenvalue weighted by Crippen LogP contribution is 2.32. The van der Waals surface area contributed by atoms with Crippen molar-refractivity contribution < 1.29 is 13.7 Å². The largest absolute Gasteiger partial charge is 0.455 e. The standard InChI is InChI=1S/C22H18ClFN8O3.ClH/c1-31(2)22-28-20(26-14-5-3-13(24)4-6-14)27-21(29-22)30-25-12-16-8-10-19(35-16)17-11-15(32(33)34)7-9-18(17)23;/h3-12H,1-2H3,(H2,26,27,28,29,30);1H/b25-12-;. The zero-order chi connectivity index (χ0) is 24.9. The maximum absolute atomic E-state index is 13.2. The Kier molecular flexibility index (Phi) is 8.35. The van der Waals surface area contributed by atoms with E-state index in [1.165, 1.54) is 36.5 Å². The minimum absolute atomic E-state index is 0. The van der Waals surface area contributed by atoms with E-state index >= 15 is 0 Å². The molecule has 0 saturated carbocycles. The Morgan fingerprint density at radius 1 is 1.08 bits per heavy atom. The summed E-state index contributed by atoms with van der Waals surface area (Å²) in [6.45, 7) is 0. The molecule has 4 aromatic rings. The third-order valence-electron chi connectivity index (χ3n) is 4.53. The number of nitrogens with one attached hydrogen (secondary N) is 2. The van der Waals surface area contributed by atoms with Crippen LogP contribution in [0.3, 0.4) is 0 Å². The summed E-state index contributed by atoms with van der Waals surface area (Å²) in [4.78, 5) is 25.1. The fourth-order valence-electron chi connectivity index (χ4n) is 2.87. The van der Waals surface area contributed by atoms with E-state index in [0.29, 0.717) is 33.7 Å². The third kappa shape index (κ3) is 6.43. The number of aromatic nitrogens is 3. The number of anilines is 4. The van der Waals surface area contributed by atoms with Crippen molar-refractivity contribution in [2.24, 2.45) is 5.10 Å². The lowest BCUT2D eigenvalue weighted by molar-refractivity contribution is -0.384. The number of nitro groups is 1. The van der Waals surface area contributed by atoms with Gasteiger partial charge in [0.15, 0.2) is 0 Å². The number of hydrogen-bond acceptors (Lipinski definition) is 10. The zero-order valence-corrected chi connectivity index (χ0v) is 20.4. The van der Waals surface area contributed by atoms with Crippen LogP contribution in [0, 0.1) is 15.9 Å². The second kappa shape index (κ2) is 11.4. The van der Waals surface area contributed by atoms with Crippen molar-refractivity contribution in [2.75, 3.05) is 29.7 Å². The normalized spacial score (nSPS) is 10.7. The molecule has 0 fully saturated rings. The summed E-state index contributed by atoms with van der Waals surface area (Å²) in [5, 5.41) is 18.4. The number of furan rings is 1. The molecule has 4 rings (SSSR count). The quantitative estimate of drug-likeness (QED) is 0.171. The maximum Gasteiger partial charge on any atom is 0.270 e. The van der Waals surface area contributed by atoms with E-state index < -0.39 is 4.92 Å². The molecule has 2 aromatic carbocycles. The summed E-state index contributed by atoms with van der Waals surface area (Å²) in [5.74, 6) is 1.10. The molecule has 11 nitrogen and oxygen atoms in total. The first kappa shape index (κ1) is 26.3. The van der Waals surface area contributed by atoms with Gasteiger partial charge in [0.2, 0.25) is 17.8 Å². The first-order valence-corrected chi connectivity index (χ1v) is 10.5. The van der Waals surface area contributed by atoms with Crippen LogP contribution in [0.1, 0.15) is 5.76 Å². The average molecular weight is 533 g/mol. The summed E-state index contributed by atoms with van der Waals surface area (Å²) in [5.41, 5.74) is 3.59. The molecule has 2 N–H and O–H groups in total. The van der Waals surface area contributed by atoms with Crippen LogP contribution in [0.4, 0.5) is 33.6 Å². The zero-order valence-electron chi connectivity index (χ0n) is 18.8. The molecule has 0 bridgehead atoms. The monoisotopic (exact) mass is 532 g/mol. The van der Waals surface area contributed by atoms with Crippen LogP contribution in [-0.4, -0.2) is 40.2 Å². The SMILES string of the molecule is CN(C)c1nc(N/N=C\c2ccc(-c3cc([N+](=O)[O-])ccc3Cl)o2)nc(Nc2ccc(F)cc2)n1.Cl. The highest BCUT2D eigenvalue weighted by atomic mass is 35.5. The number of benzene rings is 2. The van der Waals surface area contributed by atoms with Gasteiger partial charge in [0.1, 0.15) is 17.3 Å². The Morgan fingerprint density at radius 3 is 2.50 bits per heavy atom. The van der Waals surface area contributed by atoms with Crippen LogP contribution in [0.15, 0.2) is 64.1 Å². The summed E-state index contributed by atoms with van der Waals surface area (Å²) < 4.78 is 18.9. The van der Waals surface area contributed by atoms with Gasteiger partial charge in [-0.3, -0.25) is 10.1 Å². The van der Waals surface area contributed by atoms with Crippen molar-refractivity contribution in [3.8, 4) is 11.3 Å². The van der Waals surface area contributed by atoms with Gasteiger partial charge in [-0.2, -0.15) is 20.1 Å². The van der Waals surface area contributed by atoms with Crippen molar-refractivity contribution in [3.05, 3.63) is 81.3 Å².